The van der Waals surface area contributed by atoms with Crippen LogP contribution in [0.2, 0.25) is 0 Å². The summed E-state index contributed by atoms with van der Waals surface area (Å²) in [5.74, 6) is 1.92. The van der Waals surface area contributed by atoms with Gasteiger partial charge < -0.3 is 24.8 Å². The van der Waals surface area contributed by atoms with Gasteiger partial charge in [0.1, 0.15) is 11.4 Å². The number of amides is 1. The Labute approximate surface area is 197 Å². The number of hydrogen-bond donors (Lipinski definition) is 1. The van der Waals surface area contributed by atoms with Crippen molar-refractivity contribution in [3.05, 3.63) is 23.9 Å². The van der Waals surface area contributed by atoms with Crippen LogP contribution >= 0.6 is 24.0 Å². The molecule has 9 heteroatoms. The Kier molecular flexibility index (Phi) is 8.57. The third-order valence-electron chi connectivity index (χ3n) is 5.21. The fraction of sp³-hybridized carbons (Fsp3) is 0.667. The highest BCUT2D eigenvalue weighted by atomic mass is 127. The number of carbonyl (C=O) groups is 1. The van der Waals surface area contributed by atoms with Crippen LogP contribution in [0.4, 0.5) is 10.6 Å². The Morgan fingerprint density at radius 1 is 1.27 bits per heavy atom. The van der Waals surface area contributed by atoms with Crippen molar-refractivity contribution in [3.8, 4) is 0 Å². The van der Waals surface area contributed by atoms with Crippen LogP contribution in [0.5, 0.6) is 0 Å². The highest BCUT2D eigenvalue weighted by molar-refractivity contribution is 14.0. The molecule has 3 rings (SSSR count). The molecule has 1 saturated heterocycles. The predicted octanol–water partition coefficient (Wildman–Crippen LogP) is 2.93. The maximum Gasteiger partial charge on any atom is 0.410 e. The van der Waals surface area contributed by atoms with Gasteiger partial charge in [0.15, 0.2) is 5.96 Å². The number of aliphatic imine (C=N–C) groups is 1. The molecule has 0 spiro atoms. The van der Waals surface area contributed by atoms with Crippen LogP contribution in [0, 0.1) is 0 Å². The van der Waals surface area contributed by atoms with Gasteiger partial charge in [-0.25, -0.2) is 9.78 Å². The number of nitrogens with zero attached hydrogens (tertiary/aromatic N) is 5. The van der Waals surface area contributed by atoms with E-state index in [1.807, 2.05) is 27.0 Å². The highest BCUT2D eigenvalue weighted by Gasteiger charge is 2.36. The summed E-state index contributed by atoms with van der Waals surface area (Å²) in [6.07, 6.45) is 1.69. The molecule has 2 aliphatic heterocycles. The second-order valence-corrected chi connectivity index (χ2v) is 8.49. The molecule has 168 valence electrons. The van der Waals surface area contributed by atoms with E-state index in [4.69, 9.17) is 4.74 Å². The molecule has 1 aromatic rings. The molecule has 0 aromatic carbocycles. The molecule has 0 bridgehead atoms. The Bertz CT molecular complexity index is 730. The van der Waals surface area contributed by atoms with E-state index in [-0.39, 0.29) is 36.1 Å². The maximum absolute atomic E-state index is 12.3. The molecule has 2 aliphatic rings. The first-order chi connectivity index (χ1) is 13.8. The molecule has 0 saturated carbocycles. The van der Waals surface area contributed by atoms with Gasteiger partial charge in [-0.3, -0.25) is 4.99 Å². The van der Waals surface area contributed by atoms with Crippen molar-refractivity contribution in [2.75, 3.05) is 44.2 Å². The first-order valence-electron chi connectivity index (χ1n) is 10.5. The van der Waals surface area contributed by atoms with Gasteiger partial charge in [0, 0.05) is 45.5 Å². The summed E-state index contributed by atoms with van der Waals surface area (Å²) < 4.78 is 5.51. The standard InChI is InChI=1S/C21H34N6O2.HI/c1-6-25(7-2)18-9-8-16(12-22-18)13-23-19-24-14-17-15-26(10-11-27(17)19)20(28)29-21(3,4)5;/h8-9,12,17H,6-7,10-11,13-15H2,1-5H3,(H,23,24);1H. The summed E-state index contributed by atoms with van der Waals surface area (Å²) >= 11 is 0. The van der Waals surface area contributed by atoms with Gasteiger partial charge in [-0.1, -0.05) is 6.07 Å². The molecule has 3 heterocycles. The molecule has 1 atom stereocenters. The van der Waals surface area contributed by atoms with E-state index < -0.39 is 5.60 Å². The molecule has 30 heavy (non-hydrogen) atoms. The number of fused-ring (bicyclic) bond motifs is 1. The lowest BCUT2D eigenvalue weighted by Crippen LogP contribution is -2.57. The lowest BCUT2D eigenvalue weighted by Gasteiger charge is -2.39. The van der Waals surface area contributed by atoms with Gasteiger partial charge in [-0.15, -0.1) is 24.0 Å². The van der Waals surface area contributed by atoms with Crippen molar-refractivity contribution < 1.29 is 9.53 Å². The quantitative estimate of drug-likeness (QED) is 0.591. The van der Waals surface area contributed by atoms with Crippen molar-refractivity contribution in [1.82, 2.24) is 20.1 Å². The third kappa shape index (κ3) is 6.12. The molecule has 0 aliphatic carbocycles. The highest BCUT2D eigenvalue weighted by Crippen LogP contribution is 2.19. The zero-order chi connectivity index (χ0) is 21.0. The largest absolute Gasteiger partial charge is 0.444 e. The summed E-state index contributed by atoms with van der Waals surface area (Å²) in [7, 11) is 0. The SMILES string of the molecule is CCN(CC)c1ccc(CNC2=NCC3CN(C(=O)OC(C)(C)C)CCN23)cn1.I. The average Bonchev–Trinajstić information content (AvgIpc) is 3.09. The molecule has 1 amide bonds. The van der Waals surface area contributed by atoms with E-state index in [1.54, 1.807) is 4.90 Å². The average molecular weight is 530 g/mol. The molecular formula is C21H35IN6O2. The molecule has 1 unspecified atom stereocenters. The zero-order valence-corrected chi connectivity index (χ0v) is 21.1. The van der Waals surface area contributed by atoms with Crippen LogP contribution in [0.15, 0.2) is 23.3 Å². The Balaban J connectivity index is 0.00000320. The van der Waals surface area contributed by atoms with E-state index in [9.17, 15) is 4.79 Å². The minimum atomic E-state index is -0.470. The maximum atomic E-state index is 12.3. The minimum absolute atomic E-state index is 0. The van der Waals surface area contributed by atoms with Crippen molar-refractivity contribution in [3.63, 3.8) is 0 Å². The lowest BCUT2D eigenvalue weighted by molar-refractivity contribution is 0.0137. The first kappa shape index (κ1) is 24.5. The van der Waals surface area contributed by atoms with Gasteiger partial charge in [-0.2, -0.15) is 0 Å². The van der Waals surface area contributed by atoms with E-state index in [2.05, 4.69) is 51.1 Å². The molecule has 0 radical (unpaired) electrons. The Hall–Kier alpha value is -1.78. The van der Waals surface area contributed by atoms with Crippen molar-refractivity contribution in [1.29, 1.82) is 0 Å². The predicted molar refractivity (Wildman–Crippen MR) is 131 cm³/mol. The number of carbonyl (C=O) groups excluding carboxylic acids is 1. The van der Waals surface area contributed by atoms with Gasteiger partial charge in [0.05, 0.1) is 12.6 Å². The number of pyridine rings is 1. The Morgan fingerprint density at radius 3 is 2.60 bits per heavy atom. The second-order valence-electron chi connectivity index (χ2n) is 8.49. The zero-order valence-electron chi connectivity index (χ0n) is 18.7. The van der Waals surface area contributed by atoms with Crippen LogP contribution in [0.25, 0.3) is 0 Å². The van der Waals surface area contributed by atoms with Crippen LogP contribution in [-0.2, 0) is 11.3 Å². The van der Waals surface area contributed by atoms with Gasteiger partial charge in [0.2, 0.25) is 0 Å². The monoisotopic (exact) mass is 530 g/mol. The number of rotatable bonds is 5. The van der Waals surface area contributed by atoms with Crippen LogP contribution in [0.3, 0.4) is 0 Å². The first-order valence-corrected chi connectivity index (χ1v) is 10.5. The van der Waals surface area contributed by atoms with Gasteiger partial charge in [-0.05, 0) is 46.2 Å². The van der Waals surface area contributed by atoms with Crippen LogP contribution in [-0.4, -0.2) is 77.7 Å². The summed E-state index contributed by atoms with van der Waals surface area (Å²) in [5.41, 5.74) is 0.654. The van der Waals surface area contributed by atoms with E-state index in [1.165, 1.54) is 0 Å². The molecule has 1 fully saturated rings. The van der Waals surface area contributed by atoms with Crippen molar-refractivity contribution >= 4 is 41.8 Å². The number of guanidine groups is 1. The van der Waals surface area contributed by atoms with Crippen molar-refractivity contribution in [2.45, 2.75) is 52.8 Å². The summed E-state index contributed by atoms with van der Waals surface area (Å²) in [5, 5.41) is 3.44. The number of ether oxygens (including phenoxy) is 1. The normalized spacial score (nSPS) is 18.3. The number of hydrogen-bond acceptors (Lipinski definition) is 7. The lowest BCUT2D eigenvalue weighted by atomic mass is 10.2. The molecule has 8 nitrogen and oxygen atoms in total. The molecule has 1 N–H and O–H groups in total. The number of aromatic nitrogens is 1. The van der Waals surface area contributed by atoms with E-state index in [0.29, 0.717) is 26.2 Å². The van der Waals surface area contributed by atoms with Gasteiger partial charge >= 0.3 is 6.09 Å². The fourth-order valence-electron chi connectivity index (χ4n) is 3.66. The number of anilines is 1. The number of nitrogens with one attached hydrogen (secondary N) is 1. The second kappa shape index (κ2) is 10.5. The van der Waals surface area contributed by atoms with Crippen LogP contribution < -0.4 is 10.2 Å². The summed E-state index contributed by atoms with van der Waals surface area (Å²) in [4.78, 5) is 27.9. The number of halogens is 1. The summed E-state index contributed by atoms with van der Waals surface area (Å²) in [6, 6.07) is 4.39. The van der Waals surface area contributed by atoms with Crippen LogP contribution in [0.1, 0.15) is 40.2 Å². The number of piperazine rings is 1. The Morgan fingerprint density at radius 2 is 2.00 bits per heavy atom. The minimum Gasteiger partial charge on any atom is -0.444 e. The van der Waals surface area contributed by atoms with Gasteiger partial charge in [0.25, 0.3) is 0 Å². The molecular weight excluding hydrogens is 495 g/mol. The smallest absolute Gasteiger partial charge is 0.410 e. The summed E-state index contributed by atoms with van der Waals surface area (Å²) in [6.45, 7) is 15.3. The molecule has 1 aromatic heterocycles. The van der Waals surface area contributed by atoms with Crippen molar-refractivity contribution in [2.24, 2.45) is 4.99 Å². The third-order valence-corrected chi connectivity index (χ3v) is 5.21. The topological polar surface area (TPSA) is 73.3 Å². The fourth-order valence-corrected chi connectivity index (χ4v) is 3.66. The van der Waals surface area contributed by atoms with E-state index in [0.717, 1.165) is 37.0 Å². The van der Waals surface area contributed by atoms with E-state index >= 15 is 0 Å².